The summed E-state index contributed by atoms with van der Waals surface area (Å²) in [6.07, 6.45) is 0. The SMILES string of the molecule is Cc1cc(C)c2cc(C(=O)Nc3cccc(NC(=O)CN4CCOCC4)c3)[nH]c2c1. The highest BCUT2D eigenvalue weighted by Gasteiger charge is 2.15. The number of anilines is 2. The van der Waals surface area contributed by atoms with Gasteiger partial charge in [0.2, 0.25) is 5.91 Å². The largest absolute Gasteiger partial charge is 0.379 e. The van der Waals surface area contributed by atoms with Crippen molar-refractivity contribution in [3.05, 3.63) is 59.3 Å². The Morgan fingerprint density at radius 2 is 1.77 bits per heavy atom. The number of amides is 2. The molecule has 2 aromatic carbocycles. The van der Waals surface area contributed by atoms with Crippen LogP contribution in [0.2, 0.25) is 0 Å². The van der Waals surface area contributed by atoms with Gasteiger partial charge in [-0.25, -0.2) is 0 Å². The van der Waals surface area contributed by atoms with E-state index in [1.54, 1.807) is 18.2 Å². The molecule has 1 aromatic heterocycles. The molecule has 0 unspecified atom stereocenters. The van der Waals surface area contributed by atoms with Crippen molar-refractivity contribution in [2.45, 2.75) is 13.8 Å². The average Bonchev–Trinajstić information content (AvgIpc) is 3.13. The van der Waals surface area contributed by atoms with Gasteiger partial charge in [0, 0.05) is 35.4 Å². The van der Waals surface area contributed by atoms with Crippen LogP contribution in [0, 0.1) is 13.8 Å². The molecule has 3 aromatic rings. The van der Waals surface area contributed by atoms with Gasteiger partial charge >= 0.3 is 0 Å². The van der Waals surface area contributed by atoms with E-state index in [9.17, 15) is 9.59 Å². The summed E-state index contributed by atoms with van der Waals surface area (Å²) in [6, 6.07) is 13.2. The molecule has 1 fully saturated rings. The number of aryl methyl sites for hydroxylation is 2. The van der Waals surface area contributed by atoms with Gasteiger partial charge in [-0.1, -0.05) is 12.1 Å². The summed E-state index contributed by atoms with van der Waals surface area (Å²) in [6.45, 7) is 7.22. The summed E-state index contributed by atoms with van der Waals surface area (Å²) in [7, 11) is 0. The lowest BCUT2D eigenvalue weighted by Gasteiger charge is -2.25. The third-order valence-electron chi connectivity index (χ3n) is 5.21. The van der Waals surface area contributed by atoms with E-state index >= 15 is 0 Å². The molecule has 4 rings (SSSR count). The number of nitrogens with zero attached hydrogens (tertiary/aromatic N) is 1. The highest BCUT2D eigenvalue weighted by Crippen LogP contribution is 2.22. The van der Waals surface area contributed by atoms with Gasteiger partial charge < -0.3 is 20.4 Å². The number of rotatable bonds is 5. The van der Waals surface area contributed by atoms with Gasteiger partial charge in [-0.15, -0.1) is 0 Å². The molecule has 0 atom stereocenters. The molecule has 2 heterocycles. The van der Waals surface area contributed by atoms with Gasteiger partial charge in [-0.3, -0.25) is 14.5 Å². The second-order valence-electron chi connectivity index (χ2n) is 7.70. The fraction of sp³-hybridized carbons (Fsp3) is 0.304. The van der Waals surface area contributed by atoms with Crippen LogP contribution in [0.15, 0.2) is 42.5 Å². The Balaban J connectivity index is 1.42. The van der Waals surface area contributed by atoms with Gasteiger partial charge in [0.15, 0.2) is 0 Å². The molecular weight excluding hydrogens is 380 g/mol. The summed E-state index contributed by atoms with van der Waals surface area (Å²) in [5, 5.41) is 6.83. The molecule has 7 nitrogen and oxygen atoms in total. The van der Waals surface area contributed by atoms with E-state index in [1.807, 2.05) is 32.0 Å². The third-order valence-corrected chi connectivity index (χ3v) is 5.21. The molecule has 1 saturated heterocycles. The van der Waals surface area contributed by atoms with Crippen LogP contribution in [0.4, 0.5) is 11.4 Å². The first-order valence-electron chi connectivity index (χ1n) is 10.1. The zero-order valence-corrected chi connectivity index (χ0v) is 17.2. The van der Waals surface area contributed by atoms with Crippen LogP contribution in [-0.2, 0) is 9.53 Å². The second kappa shape index (κ2) is 8.69. The Morgan fingerprint density at radius 1 is 1.03 bits per heavy atom. The van der Waals surface area contributed by atoms with Crippen molar-refractivity contribution in [3.63, 3.8) is 0 Å². The van der Waals surface area contributed by atoms with Crippen LogP contribution in [0.5, 0.6) is 0 Å². The van der Waals surface area contributed by atoms with Crippen LogP contribution < -0.4 is 10.6 Å². The van der Waals surface area contributed by atoms with Crippen LogP contribution in [0.25, 0.3) is 10.9 Å². The molecule has 30 heavy (non-hydrogen) atoms. The van der Waals surface area contributed by atoms with E-state index in [4.69, 9.17) is 4.74 Å². The first-order chi connectivity index (χ1) is 14.5. The Labute approximate surface area is 175 Å². The number of H-pyrrole nitrogens is 1. The predicted octanol–water partition coefficient (Wildman–Crippen LogP) is 3.31. The normalized spacial score (nSPS) is 14.6. The van der Waals surface area contributed by atoms with E-state index in [1.165, 1.54) is 0 Å². The number of hydrogen-bond donors (Lipinski definition) is 3. The van der Waals surface area contributed by atoms with Crippen LogP contribution in [0.3, 0.4) is 0 Å². The van der Waals surface area contributed by atoms with Crippen molar-refractivity contribution in [1.29, 1.82) is 0 Å². The number of aromatic amines is 1. The fourth-order valence-corrected chi connectivity index (χ4v) is 3.76. The second-order valence-corrected chi connectivity index (χ2v) is 7.70. The number of fused-ring (bicyclic) bond motifs is 1. The molecule has 0 spiro atoms. The zero-order chi connectivity index (χ0) is 21.1. The maximum Gasteiger partial charge on any atom is 0.272 e. The van der Waals surface area contributed by atoms with Gasteiger partial charge in [0.1, 0.15) is 5.69 Å². The lowest BCUT2D eigenvalue weighted by molar-refractivity contribution is -0.118. The van der Waals surface area contributed by atoms with Crippen molar-refractivity contribution in [3.8, 4) is 0 Å². The van der Waals surface area contributed by atoms with Crippen molar-refractivity contribution in [1.82, 2.24) is 9.88 Å². The molecule has 2 amide bonds. The maximum absolute atomic E-state index is 12.7. The van der Waals surface area contributed by atoms with E-state index in [2.05, 4.69) is 26.6 Å². The molecule has 156 valence electrons. The van der Waals surface area contributed by atoms with Gasteiger partial charge in [-0.2, -0.15) is 0 Å². The number of benzene rings is 2. The topological polar surface area (TPSA) is 86.5 Å². The van der Waals surface area contributed by atoms with Crippen molar-refractivity contribution in [2.75, 3.05) is 43.5 Å². The fourth-order valence-electron chi connectivity index (χ4n) is 3.76. The van der Waals surface area contributed by atoms with E-state index < -0.39 is 0 Å². The molecule has 7 heteroatoms. The minimum absolute atomic E-state index is 0.0816. The van der Waals surface area contributed by atoms with Crippen LogP contribution in [0.1, 0.15) is 21.6 Å². The summed E-state index contributed by atoms with van der Waals surface area (Å²) in [5.74, 6) is -0.304. The summed E-state index contributed by atoms with van der Waals surface area (Å²) >= 11 is 0. The van der Waals surface area contributed by atoms with Crippen molar-refractivity contribution >= 4 is 34.1 Å². The van der Waals surface area contributed by atoms with Crippen LogP contribution in [-0.4, -0.2) is 54.5 Å². The number of hydrogen-bond acceptors (Lipinski definition) is 4. The predicted molar refractivity (Wildman–Crippen MR) is 118 cm³/mol. The Morgan fingerprint density at radius 3 is 2.53 bits per heavy atom. The highest BCUT2D eigenvalue weighted by molar-refractivity contribution is 6.06. The Hall–Kier alpha value is -3.16. The summed E-state index contributed by atoms with van der Waals surface area (Å²) < 4.78 is 5.30. The smallest absolute Gasteiger partial charge is 0.272 e. The first kappa shape index (κ1) is 20.1. The Bertz CT molecular complexity index is 1080. The van der Waals surface area contributed by atoms with Gasteiger partial charge in [-0.05, 0) is 55.3 Å². The number of carbonyl (C=O) groups excluding carboxylic acids is 2. The van der Waals surface area contributed by atoms with Crippen molar-refractivity contribution < 1.29 is 14.3 Å². The van der Waals surface area contributed by atoms with Crippen LogP contribution >= 0.6 is 0 Å². The molecule has 0 aliphatic carbocycles. The Kier molecular flexibility index (Phi) is 5.83. The van der Waals surface area contributed by atoms with E-state index in [-0.39, 0.29) is 11.8 Å². The van der Waals surface area contributed by atoms with Gasteiger partial charge in [0.05, 0.1) is 19.8 Å². The number of ether oxygens (including phenoxy) is 1. The maximum atomic E-state index is 12.7. The molecule has 0 bridgehead atoms. The molecule has 1 aliphatic rings. The number of morpholine rings is 1. The lowest BCUT2D eigenvalue weighted by atomic mass is 10.1. The first-order valence-corrected chi connectivity index (χ1v) is 10.1. The standard InChI is InChI=1S/C23H26N4O3/c1-15-10-16(2)19-13-21(26-20(19)11-15)23(29)25-18-5-3-4-17(12-18)24-22(28)14-27-6-8-30-9-7-27/h3-5,10-13,26H,6-9,14H2,1-2H3,(H,24,28)(H,25,29). The molecule has 1 aliphatic heterocycles. The lowest BCUT2D eigenvalue weighted by Crippen LogP contribution is -2.41. The summed E-state index contributed by atoms with van der Waals surface area (Å²) in [5.41, 5.74) is 4.99. The number of aromatic nitrogens is 1. The quantitative estimate of drug-likeness (QED) is 0.607. The molecule has 0 radical (unpaired) electrons. The molecule has 3 N–H and O–H groups in total. The highest BCUT2D eigenvalue weighted by atomic mass is 16.5. The molecule has 0 saturated carbocycles. The minimum atomic E-state index is -0.222. The minimum Gasteiger partial charge on any atom is -0.379 e. The zero-order valence-electron chi connectivity index (χ0n) is 17.2. The van der Waals surface area contributed by atoms with Gasteiger partial charge in [0.25, 0.3) is 5.91 Å². The van der Waals surface area contributed by atoms with Crippen molar-refractivity contribution in [2.24, 2.45) is 0 Å². The van der Waals surface area contributed by atoms with E-state index in [0.717, 1.165) is 35.1 Å². The monoisotopic (exact) mass is 406 g/mol. The average molecular weight is 406 g/mol. The third kappa shape index (κ3) is 4.69. The summed E-state index contributed by atoms with van der Waals surface area (Å²) in [4.78, 5) is 30.3. The number of carbonyl (C=O) groups is 2. The number of nitrogens with one attached hydrogen (secondary N) is 3. The molecular formula is C23H26N4O3. The van der Waals surface area contributed by atoms with E-state index in [0.29, 0.717) is 36.8 Å².